The Kier molecular flexibility index (Phi) is 3.87. The fourth-order valence-corrected chi connectivity index (χ4v) is 1.91. The van der Waals surface area contributed by atoms with Gasteiger partial charge in [-0.25, -0.2) is 0 Å². The highest BCUT2D eigenvalue weighted by molar-refractivity contribution is 6.11. The summed E-state index contributed by atoms with van der Waals surface area (Å²) in [7, 11) is 0. The zero-order chi connectivity index (χ0) is 13.8. The predicted octanol–water partition coefficient (Wildman–Crippen LogP) is 2.10. The van der Waals surface area contributed by atoms with E-state index in [1.54, 1.807) is 18.2 Å². The molecule has 98 valence electrons. The number of hydrogen-bond acceptors (Lipinski definition) is 4. The molecule has 0 bridgehead atoms. The highest BCUT2D eigenvalue weighted by Crippen LogP contribution is 2.18. The van der Waals surface area contributed by atoms with E-state index in [0.29, 0.717) is 24.1 Å². The maximum Gasteiger partial charge on any atom is 0.269 e. The van der Waals surface area contributed by atoms with E-state index in [1.165, 1.54) is 12.1 Å². The number of non-ortho nitro benzene ring substituents is 1. The first-order valence-electron chi connectivity index (χ1n) is 5.96. The van der Waals surface area contributed by atoms with Crippen LogP contribution in [0.15, 0.2) is 42.0 Å². The van der Waals surface area contributed by atoms with Gasteiger partial charge in [-0.2, -0.15) is 0 Å². The minimum absolute atomic E-state index is 0.0386. The molecule has 1 aromatic rings. The molecule has 1 fully saturated rings. The van der Waals surface area contributed by atoms with Gasteiger partial charge in [0.2, 0.25) is 0 Å². The van der Waals surface area contributed by atoms with Crippen molar-refractivity contribution in [1.29, 1.82) is 0 Å². The average molecular weight is 258 g/mol. The van der Waals surface area contributed by atoms with Crippen molar-refractivity contribution >= 4 is 17.5 Å². The first kappa shape index (κ1) is 13.2. The van der Waals surface area contributed by atoms with E-state index >= 15 is 0 Å². The molecule has 0 radical (unpaired) electrons. The number of carbonyl (C=O) groups excluding carboxylic acids is 1. The second kappa shape index (κ2) is 5.58. The third-order valence-corrected chi connectivity index (χ3v) is 2.97. The summed E-state index contributed by atoms with van der Waals surface area (Å²) in [5.74, 6) is -0.0386. The van der Waals surface area contributed by atoms with E-state index in [0.717, 1.165) is 12.1 Å². The molecule has 1 aromatic carbocycles. The number of rotatable bonds is 2. The predicted molar refractivity (Wildman–Crippen MR) is 72.7 cm³/mol. The van der Waals surface area contributed by atoms with Crippen LogP contribution in [0.5, 0.6) is 0 Å². The molecular weight excluding hydrogens is 244 g/mol. The summed E-state index contributed by atoms with van der Waals surface area (Å²) >= 11 is 0. The molecular formula is C14H14N2O3. The molecule has 19 heavy (non-hydrogen) atoms. The summed E-state index contributed by atoms with van der Waals surface area (Å²) in [6.07, 6.45) is 2.40. The fourth-order valence-electron chi connectivity index (χ4n) is 1.91. The van der Waals surface area contributed by atoms with Gasteiger partial charge in [-0.1, -0.05) is 6.58 Å². The highest BCUT2D eigenvalue weighted by Gasteiger charge is 2.16. The van der Waals surface area contributed by atoms with Crippen LogP contribution in [0.4, 0.5) is 5.69 Å². The zero-order valence-corrected chi connectivity index (χ0v) is 10.4. The lowest BCUT2D eigenvalue weighted by molar-refractivity contribution is -0.384. The average Bonchev–Trinajstić information content (AvgIpc) is 2.55. The van der Waals surface area contributed by atoms with Crippen molar-refractivity contribution in [3.05, 3.63) is 57.7 Å². The van der Waals surface area contributed by atoms with Crippen LogP contribution in [0.25, 0.3) is 6.08 Å². The number of nitrogens with zero attached hydrogens (tertiary/aromatic N) is 1. The van der Waals surface area contributed by atoms with Gasteiger partial charge in [-0.3, -0.25) is 14.9 Å². The van der Waals surface area contributed by atoms with Crippen LogP contribution >= 0.6 is 0 Å². The SMILES string of the molecule is C=C1CNCC/C(=C\c2ccc([N+](=O)[O-])cc2)C1=O. The Bertz CT molecular complexity index is 559. The molecule has 1 aliphatic heterocycles. The molecule has 0 saturated carbocycles. The Labute approximate surface area is 110 Å². The maximum absolute atomic E-state index is 12.0. The van der Waals surface area contributed by atoms with Crippen molar-refractivity contribution in [2.24, 2.45) is 0 Å². The number of nitro benzene ring substituents is 1. The summed E-state index contributed by atoms with van der Waals surface area (Å²) in [5, 5.41) is 13.7. The second-order valence-corrected chi connectivity index (χ2v) is 4.38. The van der Waals surface area contributed by atoms with Crippen molar-refractivity contribution in [1.82, 2.24) is 5.32 Å². The fraction of sp³-hybridized carbons (Fsp3) is 0.214. The Balaban J connectivity index is 2.26. The van der Waals surface area contributed by atoms with E-state index in [9.17, 15) is 14.9 Å². The Morgan fingerprint density at radius 2 is 2.00 bits per heavy atom. The van der Waals surface area contributed by atoms with Gasteiger partial charge in [-0.05, 0) is 36.7 Å². The molecule has 5 heteroatoms. The summed E-state index contributed by atoms with van der Waals surface area (Å²) in [6.45, 7) is 4.98. The van der Waals surface area contributed by atoms with Crippen LogP contribution in [0, 0.1) is 10.1 Å². The number of benzene rings is 1. The van der Waals surface area contributed by atoms with Crippen molar-refractivity contribution in [3.8, 4) is 0 Å². The van der Waals surface area contributed by atoms with Gasteiger partial charge in [0.25, 0.3) is 5.69 Å². The molecule has 0 unspecified atom stereocenters. The standard InChI is InChI=1S/C14H14N2O3/c1-10-9-15-7-6-12(14(10)17)8-11-2-4-13(5-3-11)16(18)19/h2-5,8,15H,1,6-7,9H2/b12-8+. The molecule has 0 aromatic heterocycles. The van der Waals surface area contributed by atoms with Crippen molar-refractivity contribution in [2.75, 3.05) is 13.1 Å². The van der Waals surface area contributed by atoms with E-state index in [1.807, 2.05) is 0 Å². The lowest BCUT2D eigenvalue weighted by Gasteiger charge is -2.02. The normalized spacial score (nSPS) is 18.4. The molecule has 0 aliphatic carbocycles. The van der Waals surface area contributed by atoms with Gasteiger partial charge in [0.1, 0.15) is 0 Å². The van der Waals surface area contributed by atoms with E-state index < -0.39 is 4.92 Å². The van der Waals surface area contributed by atoms with Crippen molar-refractivity contribution in [3.63, 3.8) is 0 Å². The molecule has 1 aliphatic rings. The van der Waals surface area contributed by atoms with Crippen molar-refractivity contribution < 1.29 is 9.72 Å². The molecule has 2 rings (SSSR count). The molecule has 1 saturated heterocycles. The van der Waals surface area contributed by atoms with E-state index in [2.05, 4.69) is 11.9 Å². The molecule has 1 N–H and O–H groups in total. The summed E-state index contributed by atoms with van der Waals surface area (Å²) in [6, 6.07) is 6.14. The van der Waals surface area contributed by atoms with Gasteiger partial charge in [0, 0.05) is 29.8 Å². The van der Waals surface area contributed by atoms with E-state index in [-0.39, 0.29) is 11.5 Å². The van der Waals surface area contributed by atoms with Crippen LogP contribution in [0.2, 0.25) is 0 Å². The van der Waals surface area contributed by atoms with Crippen LogP contribution in [0.1, 0.15) is 12.0 Å². The third-order valence-electron chi connectivity index (χ3n) is 2.97. The molecule has 0 amide bonds. The van der Waals surface area contributed by atoms with Crippen LogP contribution in [-0.2, 0) is 4.79 Å². The highest BCUT2D eigenvalue weighted by atomic mass is 16.6. The third kappa shape index (κ3) is 3.14. The van der Waals surface area contributed by atoms with Crippen molar-refractivity contribution in [2.45, 2.75) is 6.42 Å². The monoisotopic (exact) mass is 258 g/mol. The number of Topliss-reactive ketones (excluding diaryl/α,β-unsaturated/α-hetero) is 1. The quantitative estimate of drug-likeness (QED) is 0.501. The summed E-state index contributed by atoms with van der Waals surface area (Å²) < 4.78 is 0. The smallest absolute Gasteiger partial charge is 0.269 e. The second-order valence-electron chi connectivity index (χ2n) is 4.38. The van der Waals surface area contributed by atoms with Gasteiger partial charge < -0.3 is 5.32 Å². The Morgan fingerprint density at radius 1 is 1.32 bits per heavy atom. The van der Waals surface area contributed by atoms with E-state index in [4.69, 9.17) is 0 Å². The molecule has 0 spiro atoms. The molecule has 0 atom stereocenters. The molecule has 1 heterocycles. The summed E-state index contributed by atoms with van der Waals surface area (Å²) in [5.41, 5.74) is 2.05. The largest absolute Gasteiger partial charge is 0.312 e. The van der Waals surface area contributed by atoms with Gasteiger partial charge >= 0.3 is 0 Å². The van der Waals surface area contributed by atoms with Crippen LogP contribution < -0.4 is 5.32 Å². The van der Waals surface area contributed by atoms with Gasteiger partial charge in [0.15, 0.2) is 5.78 Å². The Morgan fingerprint density at radius 3 is 2.63 bits per heavy atom. The van der Waals surface area contributed by atoms with Gasteiger partial charge in [-0.15, -0.1) is 0 Å². The Hall–Kier alpha value is -2.27. The lowest BCUT2D eigenvalue weighted by atomic mass is 10.0. The topological polar surface area (TPSA) is 72.2 Å². The first-order chi connectivity index (χ1) is 9.08. The summed E-state index contributed by atoms with van der Waals surface area (Å²) in [4.78, 5) is 22.1. The maximum atomic E-state index is 12.0. The number of nitro groups is 1. The number of hydrogen-bond donors (Lipinski definition) is 1. The molecule has 5 nitrogen and oxygen atoms in total. The zero-order valence-electron chi connectivity index (χ0n) is 10.4. The van der Waals surface area contributed by atoms with Gasteiger partial charge in [0.05, 0.1) is 4.92 Å². The number of nitrogens with one attached hydrogen (secondary N) is 1. The number of carbonyl (C=O) groups is 1. The number of ketones is 1. The first-order valence-corrected chi connectivity index (χ1v) is 5.96. The minimum atomic E-state index is -0.445. The van der Waals surface area contributed by atoms with Crippen LogP contribution in [-0.4, -0.2) is 23.8 Å². The minimum Gasteiger partial charge on any atom is -0.312 e. The lowest BCUT2D eigenvalue weighted by Crippen LogP contribution is -2.15. The van der Waals surface area contributed by atoms with Crippen LogP contribution in [0.3, 0.4) is 0 Å².